The summed E-state index contributed by atoms with van der Waals surface area (Å²) in [5.74, 6) is 2.52. The minimum atomic E-state index is 0.0998. The predicted octanol–water partition coefficient (Wildman–Crippen LogP) is 4.26. The zero-order valence-corrected chi connectivity index (χ0v) is 15.2. The van der Waals surface area contributed by atoms with Crippen molar-refractivity contribution in [2.75, 3.05) is 0 Å². The highest BCUT2D eigenvalue weighted by molar-refractivity contribution is 5.79. The number of rotatable bonds is 1. The van der Waals surface area contributed by atoms with Crippen molar-refractivity contribution in [2.45, 2.75) is 58.8 Å². The third kappa shape index (κ3) is 2.03. The molecule has 0 aromatic carbocycles. The van der Waals surface area contributed by atoms with E-state index in [-0.39, 0.29) is 5.41 Å². The molecule has 4 aliphatic rings. The molecule has 1 unspecified atom stereocenters. The number of hydrogen-bond donors (Lipinski definition) is 0. The molecular weight excluding hydrogens is 310 g/mol. The van der Waals surface area contributed by atoms with E-state index in [0.717, 1.165) is 25.2 Å². The van der Waals surface area contributed by atoms with E-state index in [4.69, 9.17) is 0 Å². The molecule has 0 amide bonds. The molecule has 3 fully saturated rings. The van der Waals surface area contributed by atoms with Crippen LogP contribution in [0.4, 0.5) is 0 Å². The lowest BCUT2D eigenvalue weighted by atomic mass is 9.46. The number of carbonyl (C=O) groups is 1. The standard InChI is InChI=1S/C21H27N3O/c1-20-9-7-15(25)13-14(20)3-4-16-17-5-6-19(24-12-11-22-23-24)21(17,2)10-8-18(16)20/h5-6,11-12,14,16,18H,3-4,7-10,13H2,1-2H3/t14?,16-,18-,20-,21-/m0/s1. The van der Waals surface area contributed by atoms with Crippen LogP contribution < -0.4 is 0 Å². The largest absolute Gasteiger partial charge is 0.300 e. The molecule has 4 nitrogen and oxygen atoms in total. The van der Waals surface area contributed by atoms with Crippen molar-refractivity contribution in [1.29, 1.82) is 0 Å². The van der Waals surface area contributed by atoms with Crippen molar-refractivity contribution in [3.63, 3.8) is 0 Å². The van der Waals surface area contributed by atoms with E-state index in [2.05, 4.69) is 36.3 Å². The van der Waals surface area contributed by atoms with Crippen LogP contribution in [0.2, 0.25) is 0 Å². The van der Waals surface area contributed by atoms with Crippen LogP contribution in [0.1, 0.15) is 58.8 Å². The molecule has 0 saturated heterocycles. The van der Waals surface area contributed by atoms with Crippen molar-refractivity contribution in [3.05, 3.63) is 30.1 Å². The molecule has 0 aliphatic heterocycles. The van der Waals surface area contributed by atoms with Gasteiger partial charge >= 0.3 is 0 Å². The first-order valence-electron chi connectivity index (χ1n) is 9.83. The van der Waals surface area contributed by atoms with E-state index in [9.17, 15) is 4.79 Å². The van der Waals surface area contributed by atoms with Gasteiger partial charge in [0.05, 0.1) is 18.1 Å². The number of aromatic nitrogens is 3. The summed E-state index contributed by atoms with van der Waals surface area (Å²) in [5, 5.41) is 8.26. The SMILES string of the molecule is C[C@]12CC[C@H]3[C@@H](CCC4CC(=O)CC[C@@]43C)C1=CC=C2n1ccnn1. The van der Waals surface area contributed by atoms with Gasteiger partial charge in [0.1, 0.15) is 5.78 Å². The van der Waals surface area contributed by atoms with Gasteiger partial charge in [-0.3, -0.25) is 4.79 Å². The zero-order valence-electron chi connectivity index (χ0n) is 15.2. The summed E-state index contributed by atoms with van der Waals surface area (Å²) in [6, 6.07) is 0. The Morgan fingerprint density at radius 1 is 1.16 bits per heavy atom. The molecule has 4 heteroatoms. The lowest BCUT2D eigenvalue weighted by Crippen LogP contribution is -2.51. The number of Topliss-reactive ketones (excluding diaryl/α,β-unsaturated/α-hetero) is 1. The van der Waals surface area contributed by atoms with Crippen molar-refractivity contribution in [1.82, 2.24) is 15.0 Å². The Balaban J connectivity index is 1.47. The van der Waals surface area contributed by atoms with E-state index >= 15 is 0 Å². The second-order valence-electron chi connectivity index (χ2n) is 9.13. The lowest BCUT2D eigenvalue weighted by Gasteiger charge is -2.58. The van der Waals surface area contributed by atoms with Crippen LogP contribution in [-0.2, 0) is 4.79 Å². The van der Waals surface area contributed by atoms with Gasteiger partial charge in [-0.05, 0) is 61.3 Å². The number of allylic oxidation sites excluding steroid dienone is 4. The molecule has 5 atom stereocenters. The highest BCUT2D eigenvalue weighted by Crippen LogP contribution is 2.65. The van der Waals surface area contributed by atoms with E-state index < -0.39 is 0 Å². The molecule has 132 valence electrons. The molecular formula is C21H27N3O. The van der Waals surface area contributed by atoms with Crippen LogP contribution in [0.15, 0.2) is 30.1 Å². The molecule has 0 bridgehead atoms. The van der Waals surface area contributed by atoms with Gasteiger partial charge in [-0.2, -0.15) is 0 Å². The fraction of sp³-hybridized carbons (Fsp3) is 0.667. The summed E-state index contributed by atoms with van der Waals surface area (Å²) in [6.07, 6.45) is 16.0. The molecule has 5 rings (SSSR count). The van der Waals surface area contributed by atoms with E-state index in [1.54, 1.807) is 11.8 Å². The summed E-state index contributed by atoms with van der Waals surface area (Å²) < 4.78 is 1.95. The quantitative estimate of drug-likeness (QED) is 0.769. The number of fused-ring (bicyclic) bond motifs is 5. The Bertz CT molecular complexity index is 777. The maximum absolute atomic E-state index is 12.0. The topological polar surface area (TPSA) is 47.8 Å². The van der Waals surface area contributed by atoms with Crippen LogP contribution in [0.3, 0.4) is 0 Å². The van der Waals surface area contributed by atoms with E-state index in [0.29, 0.717) is 23.0 Å². The number of hydrogen-bond acceptors (Lipinski definition) is 3. The van der Waals surface area contributed by atoms with Crippen molar-refractivity contribution < 1.29 is 4.79 Å². The molecule has 4 aliphatic carbocycles. The van der Waals surface area contributed by atoms with E-state index in [1.165, 1.54) is 31.4 Å². The van der Waals surface area contributed by atoms with Crippen LogP contribution in [0.5, 0.6) is 0 Å². The normalized spacial score (nSPS) is 43.0. The summed E-state index contributed by atoms with van der Waals surface area (Å²) in [7, 11) is 0. The lowest BCUT2D eigenvalue weighted by molar-refractivity contribution is -0.130. The van der Waals surface area contributed by atoms with Crippen LogP contribution in [0, 0.1) is 28.6 Å². The average molecular weight is 337 g/mol. The molecule has 25 heavy (non-hydrogen) atoms. The van der Waals surface area contributed by atoms with Crippen LogP contribution in [0.25, 0.3) is 5.70 Å². The maximum atomic E-state index is 12.0. The molecule has 3 saturated carbocycles. The molecule has 0 spiro atoms. The number of nitrogens with zero attached hydrogens (tertiary/aromatic N) is 3. The number of ketones is 1. The first-order valence-corrected chi connectivity index (χ1v) is 9.83. The highest BCUT2D eigenvalue weighted by Gasteiger charge is 2.56. The predicted molar refractivity (Wildman–Crippen MR) is 96.4 cm³/mol. The minimum Gasteiger partial charge on any atom is -0.300 e. The van der Waals surface area contributed by atoms with Gasteiger partial charge in [-0.15, -0.1) is 5.10 Å². The molecule has 0 N–H and O–H groups in total. The summed E-state index contributed by atoms with van der Waals surface area (Å²) >= 11 is 0. The van der Waals surface area contributed by atoms with E-state index in [1.807, 2.05) is 10.9 Å². The van der Waals surface area contributed by atoms with Crippen LogP contribution in [-0.4, -0.2) is 20.8 Å². The summed E-state index contributed by atoms with van der Waals surface area (Å²) in [5.41, 5.74) is 3.35. The molecule has 1 aromatic rings. The third-order valence-corrected chi connectivity index (χ3v) is 8.16. The Morgan fingerprint density at radius 2 is 2.04 bits per heavy atom. The van der Waals surface area contributed by atoms with Crippen molar-refractivity contribution in [3.8, 4) is 0 Å². The highest BCUT2D eigenvalue weighted by atomic mass is 16.1. The summed E-state index contributed by atoms with van der Waals surface area (Å²) in [6.45, 7) is 4.89. The molecule has 1 heterocycles. The van der Waals surface area contributed by atoms with Crippen LogP contribution >= 0.6 is 0 Å². The first kappa shape index (κ1) is 15.5. The number of carbonyl (C=O) groups excluding carboxylic acids is 1. The molecule has 0 radical (unpaired) electrons. The first-order chi connectivity index (χ1) is 12.0. The Kier molecular flexibility index (Phi) is 3.20. The van der Waals surface area contributed by atoms with Gasteiger partial charge in [0.2, 0.25) is 0 Å². The zero-order chi connectivity index (χ0) is 17.2. The van der Waals surface area contributed by atoms with Gasteiger partial charge in [0.15, 0.2) is 0 Å². The molecule has 1 aromatic heterocycles. The van der Waals surface area contributed by atoms with Crippen molar-refractivity contribution in [2.24, 2.45) is 28.6 Å². The van der Waals surface area contributed by atoms with Gasteiger partial charge in [0, 0.05) is 18.3 Å². The van der Waals surface area contributed by atoms with Gasteiger partial charge in [-0.1, -0.05) is 30.7 Å². The fourth-order valence-electron chi connectivity index (χ4n) is 6.69. The van der Waals surface area contributed by atoms with Gasteiger partial charge in [0.25, 0.3) is 0 Å². The van der Waals surface area contributed by atoms with Crippen molar-refractivity contribution >= 4 is 11.5 Å². The fourth-order valence-corrected chi connectivity index (χ4v) is 6.69. The smallest absolute Gasteiger partial charge is 0.133 e. The Morgan fingerprint density at radius 3 is 2.84 bits per heavy atom. The summed E-state index contributed by atoms with van der Waals surface area (Å²) in [4.78, 5) is 12.0. The Labute approximate surface area is 149 Å². The third-order valence-electron chi connectivity index (χ3n) is 8.16. The Hall–Kier alpha value is -1.71. The van der Waals surface area contributed by atoms with Gasteiger partial charge in [-0.25, -0.2) is 4.68 Å². The minimum absolute atomic E-state index is 0.0998. The average Bonchev–Trinajstić information content (AvgIpc) is 3.22. The second kappa shape index (κ2) is 5.15. The van der Waals surface area contributed by atoms with Gasteiger partial charge < -0.3 is 0 Å². The monoisotopic (exact) mass is 337 g/mol. The maximum Gasteiger partial charge on any atom is 0.133 e. The second-order valence-corrected chi connectivity index (χ2v) is 9.13.